The summed E-state index contributed by atoms with van der Waals surface area (Å²) in [6, 6.07) is 12.9. The summed E-state index contributed by atoms with van der Waals surface area (Å²) >= 11 is 0. The van der Waals surface area contributed by atoms with Gasteiger partial charge in [0.2, 0.25) is 0 Å². The molecular weight excluding hydrogens is 214 g/mol. The topological polar surface area (TPSA) is 0 Å². The lowest BCUT2D eigenvalue weighted by Crippen LogP contribution is -2.17. The Morgan fingerprint density at radius 2 is 1.06 bits per heavy atom. The Labute approximate surface area is 111 Å². The van der Waals surface area contributed by atoms with Crippen LogP contribution in [0.3, 0.4) is 0 Å². The fourth-order valence-electron chi connectivity index (χ4n) is 2.61. The molecule has 2 aromatic rings. The Morgan fingerprint density at radius 1 is 0.611 bits per heavy atom. The van der Waals surface area contributed by atoms with Crippen LogP contribution in [0.25, 0.3) is 0 Å². The highest BCUT2D eigenvalue weighted by atomic mass is 14.1. The van der Waals surface area contributed by atoms with Crippen LogP contribution in [0.2, 0.25) is 0 Å². The van der Waals surface area contributed by atoms with Crippen molar-refractivity contribution in [3.05, 3.63) is 58.7 Å². The van der Waals surface area contributed by atoms with Crippen molar-refractivity contribution in [1.29, 1.82) is 0 Å². The highest BCUT2D eigenvalue weighted by Crippen LogP contribution is 2.12. The van der Waals surface area contributed by atoms with Crippen molar-refractivity contribution < 1.29 is 0 Å². The lowest BCUT2D eigenvalue weighted by Gasteiger charge is -2.14. The molecule has 4 radical (unpaired) electrons. The van der Waals surface area contributed by atoms with E-state index in [4.69, 9.17) is 15.7 Å². The molecule has 0 atom stereocenters. The second-order valence-electron chi connectivity index (χ2n) is 5.07. The number of benzene rings is 2. The quantitative estimate of drug-likeness (QED) is 0.593. The van der Waals surface area contributed by atoms with E-state index >= 15 is 0 Å². The third-order valence-corrected chi connectivity index (χ3v) is 3.79. The summed E-state index contributed by atoms with van der Waals surface area (Å²) in [5.74, 6) is 0. The molecular formula is C16H14B2. The van der Waals surface area contributed by atoms with Crippen LogP contribution in [-0.2, 0) is 25.7 Å². The van der Waals surface area contributed by atoms with Crippen molar-refractivity contribution in [1.82, 2.24) is 0 Å². The molecule has 0 amide bonds. The molecule has 2 heteroatoms. The van der Waals surface area contributed by atoms with E-state index in [1.165, 1.54) is 22.3 Å². The predicted molar refractivity (Wildman–Crippen MR) is 78.5 cm³/mol. The molecule has 0 spiro atoms. The van der Waals surface area contributed by atoms with Gasteiger partial charge in [-0.2, -0.15) is 0 Å². The zero-order valence-corrected chi connectivity index (χ0v) is 10.4. The van der Waals surface area contributed by atoms with E-state index in [2.05, 4.69) is 36.4 Å². The van der Waals surface area contributed by atoms with Gasteiger partial charge in [0.1, 0.15) is 15.7 Å². The summed E-state index contributed by atoms with van der Waals surface area (Å²) < 4.78 is 0. The van der Waals surface area contributed by atoms with E-state index in [0.29, 0.717) is 0 Å². The average Bonchev–Trinajstić information content (AvgIpc) is 2.34. The molecule has 0 saturated carbocycles. The normalized spacial score (nSPS) is 14.2. The molecule has 0 nitrogen and oxygen atoms in total. The van der Waals surface area contributed by atoms with Crippen LogP contribution in [0.1, 0.15) is 22.3 Å². The van der Waals surface area contributed by atoms with Crippen LogP contribution >= 0.6 is 0 Å². The second-order valence-corrected chi connectivity index (χ2v) is 5.07. The molecule has 0 N–H and O–H groups in total. The standard InChI is InChI=1S/C16H14B2/c17-15-9-11-1-5-13(15)8-4-12-2-6-14(7-3-11)16(18)10-12/h1-2,5-6,9-10H,3-4,7-8H2. The Morgan fingerprint density at radius 3 is 1.44 bits per heavy atom. The van der Waals surface area contributed by atoms with Gasteiger partial charge in [-0.3, -0.25) is 0 Å². The molecule has 0 saturated heterocycles. The number of hydrogen-bond donors (Lipinski definition) is 0. The van der Waals surface area contributed by atoms with Crippen LogP contribution < -0.4 is 10.9 Å². The van der Waals surface area contributed by atoms with Gasteiger partial charge in [0.15, 0.2) is 0 Å². The van der Waals surface area contributed by atoms with E-state index < -0.39 is 0 Å². The molecule has 4 bridgehead atoms. The van der Waals surface area contributed by atoms with Gasteiger partial charge in [-0.05, 0) is 36.8 Å². The molecule has 84 valence electrons. The molecule has 0 aliphatic heterocycles. The van der Waals surface area contributed by atoms with Crippen LogP contribution in [0.5, 0.6) is 0 Å². The first-order valence-corrected chi connectivity index (χ1v) is 6.47. The van der Waals surface area contributed by atoms with E-state index in [1.807, 2.05) is 0 Å². The number of hydrogen-bond acceptors (Lipinski definition) is 0. The minimum atomic E-state index is 0.926. The molecule has 0 heterocycles. The van der Waals surface area contributed by atoms with Crippen LogP contribution in [-0.4, -0.2) is 15.7 Å². The van der Waals surface area contributed by atoms with Gasteiger partial charge in [-0.15, -0.1) is 0 Å². The van der Waals surface area contributed by atoms with Crippen molar-refractivity contribution in [3.63, 3.8) is 0 Å². The molecule has 6 rings (SSSR count). The van der Waals surface area contributed by atoms with Gasteiger partial charge in [-0.25, -0.2) is 0 Å². The smallest absolute Gasteiger partial charge is 0.0933 e. The summed E-state index contributed by atoms with van der Waals surface area (Å²) in [5.41, 5.74) is 6.91. The van der Waals surface area contributed by atoms with Gasteiger partial charge >= 0.3 is 0 Å². The van der Waals surface area contributed by atoms with Gasteiger partial charge in [0.05, 0.1) is 0 Å². The first kappa shape index (κ1) is 11.6. The fourth-order valence-corrected chi connectivity index (χ4v) is 2.61. The largest absolute Gasteiger partial charge is 0.114 e. The Bertz CT molecular complexity index is 534. The van der Waals surface area contributed by atoms with Gasteiger partial charge in [-0.1, -0.05) is 58.5 Å². The van der Waals surface area contributed by atoms with Crippen molar-refractivity contribution >= 4 is 26.6 Å². The number of rotatable bonds is 0. The van der Waals surface area contributed by atoms with E-state index in [1.54, 1.807) is 0 Å². The molecule has 2 aromatic carbocycles. The molecule has 0 fully saturated rings. The van der Waals surface area contributed by atoms with Gasteiger partial charge in [0.25, 0.3) is 0 Å². The number of aryl methyl sites for hydroxylation is 4. The minimum Gasteiger partial charge on any atom is -0.0933 e. The summed E-state index contributed by atoms with van der Waals surface area (Å²) in [5, 5.41) is 0. The second kappa shape index (κ2) is 4.68. The zero-order chi connectivity index (χ0) is 12.5. The summed E-state index contributed by atoms with van der Waals surface area (Å²) in [6.45, 7) is 0. The highest BCUT2D eigenvalue weighted by molar-refractivity contribution is 6.33. The zero-order valence-electron chi connectivity index (χ0n) is 10.4. The maximum absolute atomic E-state index is 6.10. The monoisotopic (exact) mass is 228 g/mol. The predicted octanol–water partition coefficient (Wildman–Crippen LogP) is 1.16. The summed E-state index contributed by atoms with van der Waals surface area (Å²) in [6.07, 6.45) is 3.94. The van der Waals surface area contributed by atoms with E-state index in [-0.39, 0.29) is 0 Å². The minimum absolute atomic E-state index is 0.926. The molecule has 0 aromatic heterocycles. The van der Waals surface area contributed by atoms with Crippen molar-refractivity contribution in [2.45, 2.75) is 25.7 Å². The van der Waals surface area contributed by atoms with E-state index in [0.717, 1.165) is 36.6 Å². The lowest BCUT2D eigenvalue weighted by molar-refractivity contribution is 0.932. The molecule has 4 aliphatic carbocycles. The van der Waals surface area contributed by atoms with E-state index in [9.17, 15) is 0 Å². The van der Waals surface area contributed by atoms with Crippen molar-refractivity contribution in [3.8, 4) is 0 Å². The van der Waals surface area contributed by atoms with Gasteiger partial charge in [0, 0.05) is 0 Å². The Hall–Kier alpha value is -1.43. The fraction of sp³-hybridized carbons (Fsp3) is 0.250. The SMILES string of the molecule is [B]c1cc2ccc1CCc1ccc(c([B])c1)CC2. The summed E-state index contributed by atoms with van der Waals surface area (Å²) in [4.78, 5) is 0. The van der Waals surface area contributed by atoms with Crippen LogP contribution in [0.4, 0.5) is 0 Å². The van der Waals surface area contributed by atoms with Crippen LogP contribution in [0, 0.1) is 0 Å². The summed E-state index contributed by atoms with van der Waals surface area (Å²) in [7, 11) is 12.2. The van der Waals surface area contributed by atoms with Crippen LogP contribution in [0.15, 0.2) is 36.4 Å². The lowest BCUT2D eigenvalue weighted by atomic mass is 9.82. The highest BCUT2D eigenvalue weighted by Gasteiger charge is 2.06. The first-order chi connectivity index (χ1) is 8.72. The van der Waals surface area contributed by atoms with Gasteiger partial charge < -0.3 is 0 Å². The third-order valence-electron chi connectivity index (χ3n) is 3.79. The Kier molecular flexibility index (Phi) is 3.03. The Balaban J connectivity index is 2.03. The first-order valence-electron chi connectivity index (χ1n) is 6.47. The molecule has 4 aliphatic rings. The molecule has 18 heavy (non-hydrogen) atoms. The maximum Gasteiger partial charge on any atom is 0.114 e. The maximum atomic E-state index is 6.10. The van der Waals surface area contributed by atoms with Crippen molar-refractivity contribution in [2.24, 2.45) is 0 Å². The molecule has 0 unspecified atom stereocenters. The van der Waals surface area contributed by atoms with Crippen molar-refractivity contribution in [2.75, 3.05) is 0 Å². The third kappa shape index (κ3) is 2.24. The average molecular weight is 228 g/mol.